The standard InChI is InChI=1S/C26H32N4O3/c1-29(17-20-11-14-32-18-20)16-19-5-4-6-22(15-19)33-21-9-12-30(13-10-21)26(31)25-23-7-2-3-8-24(23)27-28-25/h4-6,11,14-15,18,21H,2-3,7-10,12-13,16-17H2,1H3,(H,27,28). The van der Waals surface area contributed by atoms with Crippen molar-refractivity contribution in [3.05, 3.63) is 70.9 Å². The average Bonchev–Trinajstić information content (AvgIpc) is 3.49. The molecule has 0 radical (unpaired) electrons. The van der Waals surface area contributed by atoms with Crippen LogP contribution in [0.3, 0.4) is 0 Å². The maximum Gasteiger partial charge on any atom is 0.274 e. The Morgan fingerprint density at radius 3 is 2.82 bits per heavy atom. The van der Waals surface area contributed by atoms with Gasteiger partial charge in [-0.3, -0.25) is 14.8 Å². The number of aryl methyl sites for hydroxylation is 1. The first-order chi connectivity index (χ1) is 16.2. The van der Waals surface area contributed by atoms with Crippen LogP contribution in [0.4, 0.5) is 0 Å². The fourth-order valence-electron chi connectivity index (χ4n) is 4.96. The molecule has 2 aliphatic rings. The zero-order chi connectivity index (χ0) is 22.6. The van der Waals surface area contributed by atoms with E-state index in [0.29, 0.717) is 18.8 Å². The maximum atomic E-state index is 13.1. The van der Waals surface area contributed by atoms with Crippen LogP contribution in [0.2, 0.25) is 0 Å². The third-order valence-electron chi connectivity index (χ3n) is 6.67. The summed E-state index contributed by atoms with van der Waals surface area (Å²) in [7, 11) is 2.10. The number of carbonyl (C=O) groups is 1. The van der Waals surface area contributed by atoms with Crippen LogP contribution in [-0.4, -0.2) is 52.1 Å². The van der Waals surface area contributed by atoms with Crippen molar-refractivity contribution >= 4 is 5.91 Å². The molecule has 1 aromatic carbocycles. The van der Waals surface area contributed by atoms with Gasteiger partial charge in [0.2, 0.25) is 0 Å². The number of H-pyrrole nitrogens is 1. The van der Waals surface area contributed by atoms with Gasteiger partial charge in [0.1, 0.15) is 11.9 Å². The number of hydrogen-bond donors (Lipinski definition) is 1. The number of hydrogen-bond acceptors (Lipinski definition) is 5. The van der Waals surface area contributed by atoms with Crippen molar-refractivity contribution in [1.82, 2.24) is 20.0 Å². The lowest BCUT2D eigenvalue weighted by Gasteiger charge is -2.32. The molecule has 0 spiro atoms. The number of ether oxygens (including phenoxy) is 1. The van der Waals surface area contributed by atoms with E-state index in [9.17, 15) is 4.79 Å². The molecular formula is C26H32N4O3. The van der Waals surface area contributed by atoms with E-state index in [2.05, 4.69) is 40.3 Å². The normalized spacial score (nSPS) is 16.7. The molecule has 1 amide bonds. The molecule has 1 aliphatic heterocycles. The minimum absolute atomic E-state index is 0.0653. The molecule has 5 rings (SSSR count). The number of nitrogens with one attached hydrogen (secondary N) is 1. The molecule has 174 valence electrons. The number of nitrogens with zero attached hydrogens (tertiary/aromatic N) is 3. The van der Waals surface area contributed by atoms with Gasteiger partial charge < -0.3 is 14.1 Å². The molecule has 1 saturated heterocycles. The van der Waals surface area contributed by atoms with Crippen LogP contribution in [0.1, 0.15) is 58.6 Å². The number of aromatic nitrogens is 2. The third kappa shape index (κ3) is 5.14. The molecule has 3 heterocycles. The Labute approximate surface area is 194 Å². The molecule has 0 saturated carbocycles. The van der Waals surface area contributed by atoms with Gasteiger partial charge in [-0.2, -0.15) is 5.10 Å². The Morgan fingerprint density at radius 1 is 1.18 bits per heavy atom. The number of aromatic amines is 1. The fourth-order valence-corrected chi connectivity index (χ4v) is 4.96. The van der Waals surface area contributed by atoms with Gasteiger partial charge in [-0.05, 0) is 56.5 Å². The van der Waals surface area contributed by atoms with E-state index in [1.165, 1.54) is 17.5 Å². The summed E-state index contributed by atoms with van der Waals surface area (Å²) >= 11 is 0. The first kappa shape index (κ1) is 21.8. The van der Waals surface area contributed by atoms with E-state index in [-0.39, 0.29) is 12.0 Å². The zero-order valence-corrected chi connectivity index (χ0v) is 19.3. The zero-order valence-electron chi connectivity index (χ0n) is 19.3. The topological polar surface area (TPSA) is 74.6 Å². The van der Waals surface area contributed by atoms with Crippen LogP contribution in [-0.2, 0) is 25.9 Å². The highest BCUT2D eigenvalue weighted by atomic mass is 16.5. The molecule has 2 aromatic heterocycles. The van der Waals surface area contributed by atoms with Crippen molar-refractivity contribution in [2.24, 2.45) is 0 Å². The summed E-state index contributed by atoms with van der Waals surface area (Å²) in [5, 5.41) is 7.45. The molecule has 33 heavy (non-hydrogen) atoms. The van der Waals surface area contributed by atoms with E-state index in [1.807, 2.05) is 17.0 Å². The van der Waals surface area contributed by atoms with Crippen molar-refractivity contribution in [3.63, 3.8) is 0 Å². The van der Waals surface area contributed by atoms with Crippen LogP contribution in [0.15, 0.2) is 47.3 Å². The molecule has 7 nitrogen and oxygen atoms in total. The Kier molecular flexibility index (Phi) is 6.48. The molecule has 7 heteroatoms. The summed E-state index contributed by atoms with van der Waals surface area (Å²) in [4.78, 5) is 17.2. The van der Waals surface area contributed by atoms with Crippen molar-refractivity contribution in [1.29, 1.82) is 0 Å². The van der Waals surface area contributed by atoms with E-state index in [0.717, 1.165) is 62.2 Å². The second-order valence-corrected chi connectivity index (χ2v) is 9.30. The minimum atomic E-state index is 0.0653. The van der Waals surface area contributed by atoms with Crippen molar-refractivity contribution in [2.75, 3.05) is 20.1 Å². The number of carbonyl (C=O) groups excluding carboxylic acids is 1. The number of likely N-dealkylation sites (tertiary alicyclic amines) is 1. The molecule has 1 fully saturated rings. The predicted molar refractivity (Wildman–Crippen MR) is 125 cm³/mol. The quantitative estimate of drug-likeness (QED) is 0.586. The molecule has 0 atom stereocenters. The van der Waals surface area contributed by atoms with Crippen LogP contribution in [0.5, 0.6) is 5.75 Å². The molecule has 1 aliphatic carbocycles. The number of piperidine rings is 1. The Bertz CT molecular complexity index is 1070. The van der Waals surface area contributed by atoms with Crippen LogP contribution < -0.4 is 4.74 Å². The predicted octanol–water partition coefficient (Wildman–Crippen LogP) is 4.20. The highest BCUT2D eigenvalue weighted by molar-refractivity contribution is 5.94. The number of rotatable bonds is 7. The molecule has 0 bridgehead atoms. The van der Waals surface area contributed by atoms with E-state index in [1.54, 1.807) is 12.5 Å². The molecule has 1 N–H and O–H groups in total. The van der Waals surface area contributed by atoms with E-state index < -0.39 is 0 Å². The van der Waals surface area contributed by atoms with Crippen LogP contribution >= 0.6 is 0 Å². The highest BCUT2D eigenvalue weighted by Gasteiger charge is 2.29. The molecular weight excluding hydrogens is 416 g/mol. The van der Waals surface area contributed by atoms with Gasteiger partial charge in [-0.1, -0.05) is 12.1 Å². The lowest BCUT2D eigenvalue weighted by atomic mass is 9.95. The SMILES string of the molecule is CN(Cc1ccoc1)Cc1cccc(OC2CCN(C(=O)c3n[nH]c4c3CCCC4)CC2)c1. The second-order valence-electron chi connectivity index (χ2n) is 9.30. The van der Waals surface area contributed by atoms with E-state index >= 15 is 0 Å². The number of amides is 1. The number of furan rings is 1. The minimum Gasteiger partial charge on any atom is -0.490 e. The largest absolute Gasteiger partial charge is 0.490 e. The van der Waals surface area contributed by atoms with Gasteiger partial charge in [0.25, 0.3) is 5.91 Å². The maximum absolute atomic E-state index is 13.1. The Morgan fingerprint density at radius 2 is 2.00 bits per heavy atom. The summed E-state index contributed by atoms with van der Waals surface area (Å²) in [6, 6.07) is 10.3. The van der Waals surface area contributed by atoms with Gasteiger partial charge in [0, 0.05) is 55.8 Å². The summed E-state index contributed by atoms with van der Waals surface area (Å²) in [5.74, 6) is 0.964. The van der Waals surface area contributed by atoms with Crippen molar-refractivity contribution in [2.45, 2.75) is 57.7 Å². The fraction of sp³-hybridized carbons (Fsp3) is 0.462. The van der Waals surface area contributed by atoms with Crippen LogP contribution in [0.25, 0.3) is 0 Å². The monoisotopic (exact) mass is 448 g/mol. The molecule has 0 unspecified atom stereocenters. The van der Waals surface area contributed by atoms with Gasteiger partial charge >= 0.3 is 0 Å². The van der Waals surface area contributed by atoms with E-state index in [4.69, 9.17) is 9.15 Å². The number of benzene rings is 1. The van der Waals surface area contributed by atoms with Crippen LogP contribution in [0, 0.1) is 0 Å². The summed E-state index contributed by atoms with van der Waals surface area (Å²) < 4.78 is 11.5. The summed E-state index contributed by atoms with van der Waals surface area (Å²) in [5.41, 5.74) is 5.31. The number of fused-ring (bicyclic) bond motifs is 1. The third-order valence-corrected chi connectivity index (χ3v) is 6.67. The van der Waals surface area contributed by atoms with Crippen molar-refractivity contribution in [3.8, 4) is 5.75 Å². The molecule has 3 aromatic rings. The van der Waals surface area contributed by atoms with Gasteiger partial charge in [0.15, 0.2) is 5.69 Å². The smallest absolute Gasteiger partial charge is 0.274 e. The lowest BCUT2D eigenvalue weighted by Crippen LogP contribution is -2.42. The van der Waals surface area contributed by atoms with Gasteiger partial charge in [-0.25, -0.2) is 0 Å². The van der Waals surface area contributed by atoms with Gasteiger partial charge in [-0.15, -0.1) is 0 Å². The average molecular weight is 449 g/mol. The summed E-state index contributed by atoms with van der Waals surface area (Å²) in [6.07, 6.45) is 9.57. The van der Waals surface area contributed by atoms with Gasteiger partial charge in [0.05, 0.1) is 12.5 Å². The first-order valence-electron chi connectivity index (χ1n) is 12.0. The summed E-state index contributed by atoms with van der Waals surface area (Å²) in [6.45, 7) is 3.09. The second kappa shape index (κ2) is 9.83. The first-order valence-corrected chi connectivity index (χ1v) is 12.0. The lowest BCUT2D eigenvalue weighted by molar-refractivity contribution is 0.0589. The Balaban J connectivity index is 1.13. The highest BCUT2D eigenvalue weighted by Crippen LogP contribution is 2.25. The Hall–Kier alpha value is -3.06. The van der Waals surface area contributed by atoms with Crippen molar-refractivity contribution < 1.29 is 13.9 Å².